The molecule has 0 spiro atoms. The Balaban J connectivity index is 1.89. The summed E-state index contributed by atoms with van der Waals surface area (Å²) in [6, 6.07) is 0. The lowest BCUT2D eigenvalue weighted by Gasteiger charge is -2.28. The minimum absolute atomic E-state index is 0.178. The van der Waals surface area contributed by atoms with Gasteiger partial charge in [-0.15, -0.1) is 0 Å². The van der Waals surface area contributed by atoms with Gasteiger partial charge in [0.2, 0.25) is 5.91 Å². The molecule has 1 saturated carbocycles. The molecular formula is C14H26N2O2. The molecule has 1 amide bonds. The lowest BCUT2D eigenvalue weighted by molar-refractivity contribution is -0.132. The van der Waals surface area contributed by atoms with E-state index in [1.54, 1.807) is 0 Å². The summed E-state index contributed by atoms with van der Waals surface area (Å²) < 4.78 is 0. The first kappa shape index (κ1) is 13.8. The molecule has 3 N–H and O–H groups in total. The van der Waals surface area contributed by atoms with Crippen molar-refractivity contribution in [2.45, 2.75) is 69.4 Å². The van der Waals surface area contributed by atoms with Gasteiger partial charge in [0, 0.05) is 25.0 Å². The third kappa shape index (κ3) is 3.45. The maximum Gasteiger partial charge on any atom is 0.224 e. The second-order valence-corrected chi connectivity index (χ2v) is 6.48. The van der Waals surface area contributed by atoms with Crippen molar-refractivity contribution in [3.8, 4) is 0 Å². The number of likely N-dealkylation sites (tertiary alicyclic amines) is 1. The molecule has 104 valence electrons. The molecule has 1 saturated heterocycles. The van der Waals surface area contributed by atoms with Gasteiger partial charge in [0.1, 0.15) is 0 Å². The molecule has 0 radical (unpaired) electrons. The van der Waals surface area contributed by atoms with Crippen molar-refractivity contribution in [3.63, 3.8) is 0 Å². The van der Waals surface area contributed by atoms with Crippen LogP contribution < -0.4 is 5.73 Å². The number of hydrogen-bond acceptors (Lipinski definition) is 3. The van der Waals surface area contributed by atoms with Crippen LogP contribution in [-0.2, 0) is 4.79 Å². The molecule has 0 aromatic heterocycles. The van der Waals surface area contributed by atoms with Gasteiger partial charge < -0.3 is 15.7 Å². The van der Waals surface area contributed by atoms with E-state index in [-0.39, 0.29) is 11.4 Å². The van der Waals surface area contributed by atoms with E-state index in [9.17, 15) is 9.90 Å². The SMILES string of the molecule is CC1(O)CCCN(C(=O)CC2(N)CCCC2)CC1. The fraction of sp³-hybridized carbons (Fsp3) is 0.929. The van der Waals surface area contributed by atoms with Gasteiger partial charge in [-0.05, 0) is 39.0 Å². The van der Waals surface area contributed by atoms with E-state index in [1.165, 1.54) is 0 Å². The monoisotopic (exact) mass is 254 g/mol. The smallest absolute Gasteiger partial charge is 0.224 e. The Morgan fingerprint density at radius 1 is 1.17 bits per heavy atom. The summed E-state index contributed by atoms with van der Waals surface area (Å²) in [5.74, 6) is 0.178. The van der Waals surface area contributed by atoms with E-state index in [2.05, 4.69) is 0 Å². The molecule has 1 atom stereocenters. The van der Waals surface area contributed by atoms with Crippen molar-refractivity contribution < 1.29 is 9.90 Å². The number of nitrogens with zero attached hydrogens (tertiary/aromatic N) is 1. The first-order chi connectivity index (χ1) is 8.40. The molecule has 4 heteroatoms. The molecule has 1 heterocycles. The van der Waals surface area contributed by atoms with Crippen molar-refractivity contribution in [2.24, 2.45) is 5.73 Å². The van der Waals surface area contributed by atoms with Crippen LogP contribution in [0.15, 0.2) is 0 Å². The fourth-order valence-electron chi connectivity index (χ4n) is 3.18. The van der Waals surface area contributed by atoms with Gasteiger partial charge in [-0.2, -0.15) is 0 Å². The molecule has 0 bridgehead atoms. The van der Waals surface area contributed by atoms with Crippen molar-refractivity contribution >= 4 is 5.91 Å². The number of aliphatic hydroxyl groups is 1. The van der Waals surface area contributed by atoms with Crippen LogP contribution in [0.25, 0.3) is 0 Å². The van der Waals surface area contributed by atoms with E-state index in [1.807, 2.05) is 11.8 Å². The highest BCUT2D eigenvalue weighted by Gasteiger charge is 2.34. The first-order valence-electron chi connectivity index (χ1n) is 7.19. The van der Waals surface area contributed by atoms with Crippen LogP contribution in [-0.4, -0.2) is 40.1 Å². The number of carbonyl (C=O) groups excluding carboxylic acids is 1. The number of amides is 1. The number of hydrogen-bond donors (Lipinski definition) is 2. The molecule has 0 aromatic rings. The minimum atomic E-state index is -0.608. The Bertz CT molecular complexity index is 309. The third-order valence-corrected chi connectivity index (χ3v) is 4.52. The quantitative estimate of drug-likeness (QED) is 0.783. The zero-order valence-electron chi connectivity index (χ0n) is 11.5. The molecule has 4 nitrogen and oxygen atoms in total. The van der Waals surface area contributed by atoms with Gasteiger partial charge in [-0.1, -0.05) is 12.8 Å². The van der Waals surface area contributed by atoms with Crippen molar-refractivity contribution in [2.75, 3.05) is 13.1 Å². The Hall–Kier alpha value is -0.610. The van der Waals surface area contributed by atoms with E-state index in [0.29, 0.717) is 19.4 Å². The minimum Gasteiger partial charge on any atom is -0.390 e. The van der Waals surface area contributed by atoms with Gasteiger partial charge >= 0.3 is 0 Å². The standard InChI is InChI=1S/C14H26N2O2/c1-13(18)5-4-9-16(10-8-13)12(17)11-14(15)6-2-3-7-14/h18H,2-11,15H2,1H3. The molecule has 2 fully saturated rings. The average molecular weight is 254 g/mol. The van der Waals surface area contributed by atoms with E-state index < -0.39 is 5.60 Å². The molecule has 1 aliphatic heterocycles. The highest BCUT2D eigenvalue weighted by Crippen LogP contribution is 2.31. The van der Waals surface area contributed by atoms with Crippen LogP contribution in [0, 0.1) is 0 Å². The summed E-state index contributed by atoms with van der Waals surface area (Å²) in [5, 5.41) is 10.0. The van der Waals surface area contributed by atoms with Gasteiger partial charge in [0.25, 0.3) is 0 Å². The summed E-state index contributed by atoms with van der Waals surface area (Å²) in [6.07, 6.45) is 7.08. The molecule has 1 unspecified atom stereocenters. The summed E-state index contributed by atoms with van der Waals surface area (Å²) in [7, 11) is 0. The highest BCUT2D eigenvalue weighted by atomic mass is 16.3. The second kappa shape index (κ2) is 5.17. The fourth-order valence-corrected chi connectivity index (χ4v) is 3.18. The predicted octanol–water partition coefficient (Wildman–Crippen LogP) is 1.41. The predicted molar refractivity (Wildman–Crippen MR) is 71.1 cm³/mol. The molecule has 18 heavy (non-hydrogen) atoms. The van der Waals surface area contributed by atoms with Crippen LogP contribution in [0.5, 0.6) is 0 Å². The van der Waals surface area contributed by atoms with Gasteiger partial charge in [0.05, 0.1) is 5.60 Å². The van der Waals surface area contributed by atoms with Gasteiger partial charge in [-0.3, -0.25) is 4.79 Å². The second-order valence-electron chi connectivity index (χ2n) is 6.48. The van der Waals surface area contributed by atoms with E-state index in [0.717, 1.165) is 45.1 Å². The normalized spacial score (nSPS) is 32.3. The van der Waals surface area contributed by atoms with Crippen LogP contribution in [0.2, 0.25) is 0 Å². The van der Waals surface area contributed by atoms with Crippen LogP contribution >= 0.6 is 0 Å². The van der Waals surface area contributed by atoms with Crippen LogP contribution in [0.1, 0.15) is 58.3 Å². The third-order valence-electron chi connectivity index (χ3n) is 4.52. The van der Waals surface area contributed by atoms with Crippen molar-refractivity contribution in [1.82, 2.24) is 4.90 Å². The number of carbonyl (C=O) groups is 1. The number of nitrogens with two attached hydrogens (primary N) is 1. The van der Waals surface area contributed by atoms with Crippen LogP contribution in [0.4, 0.5) is 0 Å². The lowest BCUT2D eigenvalue weighted by atomic mass is 9.94. The van der Waals surface area contributed by atoms with Gasteiger partial charge in [0.15, 0.2) is 0 Å². The molecule has 2 rings (SSSR count). The molecule has 2 aliphatic rings. The Kier molecular flexibility index (Phi) is 3.97. The lowest BCUT2D eigenvalue weighted by Crippen LogP contribution is -2.44. The van der Waals surface area contributed by atoms with Crippen LogP contribution in [0.3, 0.4) is 0 Å². The largest absolute Gasteiger partial charge is 0.390 e. The highest BCUT2D eigenvalue weighted by molar-refractivity contribution is 5.77. The summed E-state index contributed by atoms with van der Waals surface area (Å²) in [4.78, 5) is 14.2. The average Bonchev–Trinajstić information content (AvgIpc) is 2.60. The Labute approximate surface area is 110 Å². The summed E-state index contributed by atoms with van der Waals surface area (Å²) in [6.45, 7) is 3.30. The summed E-state index contributed by atoms with van der Waals surface area (Å²) in [5.41, 5.74) is 5.40. The maximum absolute atomic E-state index is 12.3. The zero-order chi connectivity index (χ0) is 13.2. The van der Waals surface area contributed by atoms with Crippen molar-refractivity contribution in [3.05, 3.63) is 0 Å². The molecule has 0 aromatic carbocycles. The molecule has 1 aliphatic carbocycles. The van der Waals surface area contributed by atoms with Gasteiger partial charge in [-0.25, -0.2) is 0 Å². The first-order valence-corrected chi connectivity index (χ1v) is 7.19. The summed E-state index contributed by atoms with van der Waals surface area (Å²) >= 11 is 0. The number of rotatable bonds is 2. The molecular weight excluding hydrogens is 228 g/mol. The van der Waals surface area contributed by atoms with E-state index in [4.69, 9.17) is 5.73 Å². The topological polar surface area (TPSA) is 66.6 Å². The van der Waals surface area contributed by atoms with E-state index >= 15 is 0 Å². The zero-order valence-corrected chi connectivity index (χ0v) is 11.5. The Morgan fingerprint density at radius 2 is 1.83 bits per heavy atom. The maximum atomic E-state index is 12.3. The van der Waals surface area contributed by atoms with Crippen molar-refractivity contribution in [1.29, 1.82) is 0 Å². The Morgan fingerprint density at radius 3 is 2.50 bits per heavy atom.